The molecule has 0 radical (unpaired) electrons. The van der Waals surface area contributed by atoms with Crippen LogP contribution in [-0.2, 0) is 0 Å². The Kier molecular flexibility index (Phi) is 4.62. The molecule has 1 saturated carbocycles. The first-order chi connectivity index (χ1) is 5.83. The first-order valence-corrected chi connectivity index (χ1v) is 5.14. The Bertz CT molecular complexity index is 110. The third-order valence-electron chi connectivity index (χ3n) is 2.71. The minimum atomic E-state index is 0.303. The zero-order chi connectivity index (χ0) is 8.81. The molecule has 2 N–H and O–H groups in total. The van der Waals surface area contributed by atoms with Crippen molar-refractivity contribution in [3.63, 3.8) is 0 Å². The van der Waals surface area contributed by atoms with E-state index in [-0.39, 0.29) is 0 Å². The Hall–Kier alpha value is -0.0800. The Morgan fingerprint density at radius 2 is 2.08 bits per heavy atom. The van der Waals surface area contributed by atoms with Gasteiger partial charge in [-0.3, -0.25) is 0 Å². The van der Waals surface area contributed by atoms with Gasteiger partial charge in [0.2, 0.25) is 0 Å². The maximum absolute atomic E-state index is 8.79. The Morgan fingerprint density at radius 1 is 1.42 bits per heavy atom. The topological polar surface area (TPSA) is 32.3 Å². The maximum atomic E-state index is 8.79. The van der Waals surface area contributed by atoms with Gasteiger partial charge in [-0.1, -0.05) is 19.8 Å². The minimum Gasteiger partial charge on any atom is -0.396 e. The summed E-state index contributed by atoms with van der Waals surface area (Å²) in [5, 5.41) is 12.2. The fraction of sp³-hybridized carbons (Fsp3) is 1.00. The van der Waals surface area contributed by atoms with Crippen LogP contribution in [0.3, 0.4) is 0 Å². The molecule has 1 aliphatic carbocycles. The van der Waals surface area contributed by atoms with Crippen molar-refractivity contribution < 1.29 is 5.11 Å². The summed E-state index contributed by atoms with van der Waals surface area (Å²) in [4.78, 5) is 0. The summed E-state index contributed by atoms with van der Waals surface area (Å²) in [5.41, 5.74) is 0. The predicted octanol–water partition coefficient (Wildman–Crippen LogP) is 1.39. The van der Waals surface area contributed by atoms with Gasteiger partial charge in [-0.05, 0) is 37.8 Å². The van der Waals surface area contributed by atoms with Crippen molar-refractivity contribution in [3.05, 3.63) is 0 Å². The summed E-state index contributed by atoms with van der Waals surface area (Å²) in [7, 11) is 0. The molecule has 1 unspecified atom stereocenters. The number of nitrogens with one attached hydrogen (secondary N) is 1. The van der Waals surface area contributed by atoms with E-state index in [9.17, 15) is 0 Å². The molecule has 0 aliphatic heterocycles. The number of hydrogen-bond acceptors (Lipinski definition) is 2. The lowest BCUT2D eigenvalue weighted by molar-refractivity contribution is 0.232. The van der Waals surface area contributed by atoms with E-state index in [1.807, 2.05) is 0 Å². The molecule has 1 rings (SSSR count). The van der Waals surface area contributed by atoms with Crippen LogP contribution in [-0.4, -0.2) is 24.8 Å². The molecule has 12 heavy (non-hydrogen) atoms. The molecule has 0 heterocycles. The van der Waals surface area contributed by atoms with Crippen LogP contribution in [0, 0.1) is 11.8 Å². The molecule has 1 atom stereocenters. The van der Waals surface area contributed by atoms with Crippen LogP contribution < -0.4 is 5.32 Å². The van der Waals surface area contributed by atoms with Gasteiger partial charge in [0.05, 0.1) is 0 Å². The number of hydrogen-bond donors (Lipinski definition) is 2. The van der Waals surface area contributed by atoms with E-state index in [0.29, 0.717) is 12.5 Å². The summed E-state index contributed by atoms with van der Waals surface area (Å²) in [5.74, 6) is 1.32. The van der Waals surface area contributed by atoms with Crippen molar-refractivity contribution >= 4 is 0 Å². The molecule has 0 bridgehead atoms. The van der Waals surface area contributed by atoms with Crippen LogP contribution in [0.25, 0.3) is 0 Å². The second-order valence-electron chi connectivity index (χ2n) is 4.10. The van der Waals surface area contributed by atoms with Crippen molar-refractivity contribution in [1.82, 2.24) is 5.32 Å². The summed E-state index contributed by atoms with van der Waals surface area (Å²) >= 11 is 0. The molecular formula is C10H21NO. The maximum Gasteiger partial charge on any atom is 0.0468 e. The van der Waals surface area contributed by atoms with Gasteiger partial charge in [-0.15, -0.1) is 0 Å². The van der Waals surface area contributed by atoms with Crippen LogP contribution in [0.15, 0.2) is 0 Å². The van der Waals surface area contributed by atoms with Crippen molar-refractivity contribution in [2.45, 2.75) is 32.6 Å². The van der Waals surface area contributed by atoms with Crippen molar-refractivity contribution in [1.29, 1.82) is 0 Å². The number of aliphatic hydroxyl groups is 1. The molecule has 0 aromatic heterocycles. The van der Waals surface area contributed by atoms with E-state index in [1.165, 1.54) is 25.7 Å². The number of aliphatic hydroxyl groups excluding tert-OH is 1. The monoisotopic (exact) mass is 171 g/mol. The fourth-order valence-electron chi connectivity index (χ4n) is 1.81. The van der Waals surface area contributed by atoms with Crippen LogP contribution in [0.2, 0.25) is 0 Å². The molecule has 0 aromatic carbocycles. The summed E-state index contributed by atoms with van der Waals surface area (Å²) in [6.07, 6.45) is 5.64. The van der Waals surface area contributed by atoms with Gasteiger partial charge >= 0.3 is 0 Å². The average molecular weight is 171 g/mol. The molecule has 72 valence electrons. The zero-order valence-corrected chi connectivity index (χ0v) is 8.05. The van der Waals surface area contributed by atoms with E-state index >= 15 is 0 Å². The second kappa shape index (κ2) is 5.55. The van der Waals surface area contributed by atoms with Crippen LogP contribution in [0.5, 0.6) is 0 Å². The van der Waals surface area contributed by atoms with E-state index in [1.54, 1.807) is 0 Å². The highest BCUT2D eigenvalue weighted by Gasteiger charge is 2.14. The molecule has 2 nitrogen and oxygen atoms in total. The average Bonchev–Trinajstić information content (AvgIpc) is 2.57. The normalized spacial score (nSPS) is 21.5. The third-order valence-corrected chi connectivity index (χ3v) is 2.71. The van der Waals surface area contributed by atoms with Gasteiger partial charge in [0.25, 0.3) is 0 Å². The first-order valence-electron chi connectivity index (χ1n) is 5.14. The quantitative estimate of drug-likeness (QED) is 0.655. The lowest BCUT2D eigenvalue weighted by Gasteiger charge is -2.13. The molecule has 0 spiro atoms. The van der Waals surface area contributed by atoms with E-state index in [2.05, 4.69) is 12.2 Å². The SMILES string of the molecule is CC(CO)CNCC1CCCC1. The largest absolute Gasteiger partial charge is 0.396 e. The first kappa shape index (κ1) is 10.0. The Morgan fingerprint density at radius 3 is 2.67 bits per heavy atom. The van der Waals surface area contributed by atoms with Crippen molar-refractivity contribution in [2.75, 3.05) is 19.7 Å². The van der Waals surface area contributed by atoms with E-state index < -0.39 is 0 Å². The Labute approximate surface area is 75.4 Å². The van der Waals surface area contributed by atoms with E-state index in [0.717, 1.165) is 19.0 Å². The predicted molar refractivity (Wildman–Crippen MR) is 51.1 cm³/mol. The lowest BCUT2D eigenvalue weighted by atomic mass is 10.1. The Balaban J connectivity index is 1.94. The number of rotatable bonds is 5. The van der Waals surface area contributed by atoms with Crippen LogP contribution >= 0.6 is 0 Å². The highest BCUT2D eigenvalue weighted by atomic mass is 16.3. The smallest absolute Gasteiger partial charge is 0.0468 e. The molecule has 0 amide bonds. The van der Waals surface area contributed by atoms with Gasteiger partial charge in [0.15, 0.2) is 0 Å². The molecule has 1 aliphatic rings. The van der Waals surface area contributed by atoms with E-state index in [4.69, 9.17) is 5.11 Å². The van der Waals surface area contributed by atoms with Crippen LogP contribution in [0.1, 0.15) is 32.6 Å². The third kappa shape index (κ3) is 3.55. The molecule has 0 saturated heterocycles. The van der Waals surface area contributed by atoms with Crippen molar-refractivity contribution in [3.8, 4) is 0 Å². The van der Waals surface area contributed by atoms with Gasteiger partial charge < -0.3 is 10.4 Å². The molecule has 0 aromatic rings. The standard InChI is InChI=1S/C10H21NO/c1-9(8-12)6-11-7-10-4-2-3-5-10/h9-12H,2-8H2,1H3. The van der Waals surface area contributed by atoms with Gasteiger partial charge in [-0.2, -0.15) is 0 Å². The summed E-state index contributed by atoms with van der Waals surface area (Å²) in [6.45, 7) is 4.50. The summed E-state index contributed by atoms with van der Waals surface area (Å²) in [6, 6.07) is 0. The highest BCUT2D eigenvalue weighted by molar-refractivity contribution is 4.69. The van der Waals surface area contributed by atoms with Crippen LogP contribution in [0.4, 0.5) is 0 Å². The van der Waals surface area contributed by atoms with Crippen molar-refractivity contribution in [2.24, 2.45) is 11.8 Å². The molecule has 2 heteroatoms. The second-order valence-corrected chi connectivity index (χ2v) is 4.10. The van der Waals surface area contributed by atoms with Gasteiger partial charge in [-0.25, -0.2) is 0 Å². The zero-order valence-electron chi connectivity index (χ0n) is 8.05. The van der Waals surface area contributed by atoms with Gasteiger partial charge in [0.1, 0.15) is 0 Å². The summed E-state index contributed by atoms with van der Waals surface area (Å²) < 4.78 is 0. The van der Waals surface area contributed by atoms with Gasteiger partial charge in [0, 0.05) is 6.61 Å². The molecule has 1 fully saturated rings. The highest BCUT2D eigenvalue weighted by Crippen LogP contribution is 2.23. The minimum absolute atomic E-state index is 0.303. The fourth-order valence-corrected chi connectivity index (χ4v) is 1.81. The lowest BCUT2D eigenvalue weighted by Crippen LogP contribution is -2.27. The molecular weight excluding hydrogens is 150 g/mol.